The molecular weight excluding hydrogens is 260 g/mol. The quantitative estimate of drug-likeness (QED) is 0.901. The van der Waals surface area contributed by atoms with Gasteiger partial charge in [0.25, 0.3) is 0 Å². The molecule has 2 heterocycles. The number of rotatable bonds is 5. The van der Waals surface area contributed by atoms with Crippen LogP contribution in [0, 0.1) is 12.8 Å². The minimum atomic E-state index is 0.528. The van der Waals surface area contributed by atoms with Crippen molar-refractivity contribution in [1.29, 1.82) is 0 Å². The first-order valence-corrected chi connectivity index (χ1v) is 8.09. The van der Waals surface area contributed by atoms with Crippen molar-refractivity contribution in [2.45, 2.75) is 40.3 Å². The third-order valence-corrected chi connectivity index (χ3v) is 4.17. The lowest BCUT2D eigenvalue weighted by Gasteiger charge is -2.39. The second-order valence-corrected chi connectivity index (χ2v) is 6.74. The van der Waals surface area contributed by atoms with E-state index in [9.17, 15) is 0 Å². The fourth-order valence-electron chi connectivity index (χ4n) is 2.90. The van der Waals surface area contributed by atoms with Gasteiger partial charge in [-0.25, -0.2) is 4.98 Å². The van der Waals surface area contributed by atoms with Crippen LogP contribution in [0.5, 0.6) is 0 Å². The monoisotopic (exact) mass is 290 g/mol. The molecule has 2 rings (SSSR count). The first kappa shape index (κ1) is 16.2. The van der Waals surface area contributed by atoms with Crippen LogP contribution in [0.25, 0.3) is 0 Å². The molecule has 0 saturated carbocycles. The Kier molecular flexibility index (Phi) is 5.59. The Balaban J connectivity index is 2.01. The Labute approximate surface area is 129 Å². The summed E-state index contributed by atoms with van der Waals surface area (Å²) in [5.41, 5.74) is 2.45. The number of pyridine rings is 1. The van der Waals surface area contributed by atoms with Crippen molar-refractivity contribution >= 4 is 5.82 Å². The molecule has 4 nitrogen and oxygen atoms in total. The average molecular weight is 290 g/mol. The molecule has 21 heavy (non-hydrogen) atoms. The zero-order valence-electron chi connectivity index (χ0n) is 14.2. The lowest BCUT2D eigenvalue weighted by Crippen LogP contribution is -2.50. The van der Waals surface area contributed by atoms with Crippen LogP contribution in [0.2, 0.25) is 0 Å². The van der Waals surface area contributed by atoms with Gasteiger partial charge in [0.05, 0.1) is 0 Å². The molecule has 1 atom stereocenters. The average Bonchev–Trinajstić information content (AvgIpc) is 2.40. The number of piperazine rings is 1. The van der Waals surface area contributed by atoms with Gasteiger partial charge < -0.3 is 15.1 Å². The van der Waals surface area contributed by atoms with Gasteiger partial charge in [0.1, 0.15) is 5.82 Å². The second-order valence-electron chi connectivity index (χ2n) is 6.74. The fourth-order valence-corrected chi connectivity index (χ4v) is 2.90. The molecule has 1 aliphatic heterocycles. The van der Waals surface area contributed by atoms with E-state index in [1.165, 1.54) is 5.56 Å². The van der Waals surface area contributed by atoms with Gasteiger partial charge in [-0.15, -0.1) is 0 Å². The lowest BCUT2D eigenvalue weighted by molar-refractivity contribution is 0.274. The summed E-state index contributed by atoms with van der Waals surface area (Å²) < 4.78 is 0. The highest BCUT2D eigenvalue weighted by molar-refractivity contribution is 5.43. The molecule has 1 aromatic heterocycles. The Morgan fingerprint density at radius 2 is 2.10 bits per heavy atom. The van der Waals surface area contributed by atoms with E-state index in [2.05, 4.69) is 62.0 Å². The Morgan fingerprint density at radius 3 is 2.71 bits per heavy atom. The molecule has 0 bridgehead atoms. The minimum Gasteiger partial charge on any atom is -0.351 e. The van der Waals surface area contributed by atoms with Crippen molar-refractivity contribution < 1.29 is 0 Å². The maximum absolute atomic E-state index is 4.84. The van der Waals surface area contributed by atoms with Gasteiger partial charge >= 0.3 is 0 Å². The number of likely N-dealkylation sites (N-methyl/N-ethyl adjacent to an activating group) is 1. The molecule has 1 aliphatic rings. The topological polar surface area (TPSA) is 31.4 Å². The van der Waals surface area contributed by atoms with Gasteiger partial charge in [-0.3, -0.25) is 0 Å². The Bertz CT molecular complexity index is 458. The predicted octanol–water partition coefficient (Wildman–Crippen LogP) is 2.28. The van der Waals surface area contributed by atoms with Crippen LogP contribution in [0.1, 0.15) is 32.0 Å². The van der Waals surface area contributed by atoms with Crippen molar-refractivity contribution in [3.63, 3.8) is 0 Å². The van der Waals surface area contributed by atoms with Crippen LogP contribution in [0.15, 0.2) is 12.1 Å². The van der Waals surface area contributed by atoms with E-state index in [4.69, 9.17) is 4.98 Å². The van der Waals surface area contributed by atoms with E-state index in [0.29, 0.717) is 12.0 Å². The van der Waals surface area contributed by atoms with Crippen molar-refractivity contribution in [1.82, 2.24) is 15.2 Å². The number of anilines is 1. The molecule has 118 valence electrons. The van der Waals surface area contributed by atoms with Gasteiger partial charge in [-0.05, 0) is 45.0 Å². The minimum absolute atomic E-state index is 0.528. The van der Waals surface area contributed by atoms with E-state index < -0.39 is 0 Å². The third kappa shape index (κ3) is 4.42. The highest BCUT2D eigenvalue weighted by Crippen LogP contribution is 2.20. The maximum Gasteiger partial charge on any atom is 0.129 e. The second kappa shape index (κ2) is 7.23. The van der Waals surface area contributed by atoms with Crippen molar-refractivity contribution in [2.24, 2.45) is 5.92 Å². The van der Waals surface area contributed by atoms with Crippen LogP contribution in [0.3, 0.4) is 0 Å². The summed E-state index contributed by atoms with van der Waals surface area (Å²) in [6.45, 7) is 14.1. The zero-order chi connectivity index (χ0) is 15.4. The molecule has 1 N–H and O–H groups in total. The fraction of sp³-hybridized carbons (Fsp3) is 0.706. The van der Waals surface area contributed by atoms with Crippen LogP contribution in [-0.4, -0.2) is 49.2 Å². The number of hydrogen-bond acceptors (Lipinski definition) is 4. The molecule has 0 spiro atoms. The predicted molar refractivity (Wildman–Crippen MR) is 89.8 cm³/mol. The molecular formula is C17H30N4. The largest absolute Gasteiger partial charge is 0.351 e. The summed E-state index contributed by atoms with van der Waals surface area (Å²) in [6.07, 6.45) is 0. The summed E-state index contributed by atoms with van der Waals surface area (Å²) >= 11 is 0. The van der Waals surface area contributed by atoms with Crippen LogP contribution < -0.4 is 10.2 Å². The smallest absolute Gasteiger partial charge is 0.129 e. The van der Waals surface area contributed by atoms with Crippen LogP contribution in [-0.2, 0) is 6.54 Å². The van der Waals surface area contributed by atoms with Crippen molar-refractivity contribution in [3.8, 4) is 0 Å². The summed E-state index contributed by atoms with van der Waals surface area (Å²) in [5.74, 6) is 1.81. The van der Waals surface area contributed by atoms with E-state index in [1.54, 1.807) is 0 Å². The van der Waals surface area contributed by atoms with Gasteiger partial charge in [0.2, 0.25) is 0 Å². The molecule has 1 fully saturated rings. The number of aryl methyl sites for hydroxylation is 1. The van der Waals surface area contributed by atoms with Gasteiger partial charge in [-0.1, -0.05) is 19.9 Å². The van der Waals surface area contributed by atoms with E-state index >= 15 is 0 Å². The Morgan fingerprint density at radius 1 is 1.33 bits per heavy atom. The molecule has 0 aliphatic carbocycles. The highest BCUT2D eigenvalue weighted by Gasteiger charge is 2.22. The number of nitrogens with one attached hydrogen (secondary N) is 1. The summed E-state index contributed by atoms with van der Waals surface area (Å²) in [5, 5.41) is 3.50. The SMILES string of the molecule is Cc1nc(N2CCN(C)CC2C)ccc1CNCC(C)C. The number of aromatic nitrogens is 1. The number of hydrogen-bond donors (Lipinski definition) is 1. The van der Waals surface area contributed by atoms with Gasteiger partial charge in [0, 0.05) is 37.9 Å². The Hall–Kier alpha value is -1.13. The van der Waals surface area contributed by atoms with E-state index in [-0.39, 0.29) is 0 Å². The zero-order valence-corrected chi connectivity index (χ0v) is 14.2. The summed E-state index contributed by atoms with van der Waals surface area (Å²) in [6, 6.07) is 4.94. The van der Waals surface area contributed by atoms with Crippen LogP contribution in [0.4, 0.5) is 5.82 Å². The third-order valence-electron chi connectivity index (χ3n) is 4.17. The van der Waals surface area contributed by atoms with E-state index in [0.717, 1.165) is 44.2 Å². The standard InChI is InChI=1S/C17H30N4/c1-13(2)10-18-11-16-6-7-17(19-15(16)4)21-9-8-20(5)12-14(21)3/h6-7,13-14,18H,8-12H2,1-5H3. The molecule has 0 aromatic carbocycles. The summed E-state index contributed by atoms with van der Waals surface area (Å²) in [4.78, 5) is 9.65. The van der Waals surface area contributed by atoms with Crippen LogP contribution >= 0.6 is 0 Å². The maximum atomic E-state index is 4.84. The molecule has 1 aromatic rings. The number of nitrogens with zero attached hydrogens (tertiary/aromatic N) is 3. The van der Waals surface area contributed by atoms with E-state index in [1.807, 2.05) is 0 Å². The van der Waals surface area contributed by atoms with Crippen molar-refractivity contribution in [2.75, 3.05) is 38.1 Å². The molecule has 4 heteroatoms. The molecule has 1 saturated heterocycles. The first-order valence-electron chi connectivity index (χ1n) is 8.09. The highest BCUT2D eigenvalue weighted by atomic mass is 15.3. The molecule has 0 amide bonds. The molecule has 0 radical (unpaired) electrons. The van der Waals surface area contributed by atoms with Crippen molar-refractivity contribution in [3.05, 3.63) is 23.4 Å². The lowest BCUT2D eigenvalue weighted by atomic mass is 10.1. The van der Waals surface area contributed by atoms with Gasteiger partial charge in [0.15, 0.2) is 0 Å². The normalized spacial score (nSPS) is 20.3. The molecule has 1 unspecified atom stereocenters. The summed E-state index contributed by atoms with van der Waals surface area (Å²) in [7, 11) is 2.19. The first-order chi connectivity index (χ1) is 9.97. The van der Waals surface area contributed by atoms with Gasteiger partial charge in [-0.2, -0.15) is 0 Å².